The van der Waals surface area contributed by atoms with E-state index in [1.165, 1.54) is 64.2 Å². The van der Waals surface area contributed by atoms with Crippen molar-refractivity contribution in [3.63, 3.8) is 0 Å². The number of carbonyl (C=O) groups is 1. The zero-order valence-electron chi connectivity index (χ0n) is 15.8. The average molecular weight is 342 g/mol. The lowest BCUT2D eigenvalue weighted by molar-refractivity contribution is -0.137. The summed E-state index contributed by atoms with van der Waals surface area (Å²) < 4.78 is 0. The molecule has 0 fully saturated rings. The molecule has 0 aromatic carbocycles. The maximum absolute atomic E-state index is 10.4. The Labute approximate surface area is 148 Å². The van der Waals surface area contributed by atoms with Gasteiger partial charge in [-0.2, -0.15) is 0 Å². The molecule has 0 aromatic heterocycles. The Bertz CT molecular complexity index is 316. The van der Waals surface area contributed by atoms with Crippen LogP contribution in [0.1, 0.15) is 116 Å². The Morgan fingerprint density at radius 1 is 0.667 bits per heavy atom. The molecule has 142 valence electrons. The van der Waals surface area contributed by atoms with Gasteiger partial charge in [0.05, 0.1) is 5.71 Å². The van der Waals surface area contributed by atoms with Crippen molar-refractivity contribution in [3.8, 4) is 0 Å². The number of hydrogen-bond acceptors (Lipinski definition) is 3. The van der Waals surface area contributed by atoms with Gasteiger partial charge < -0.3 is 10.3 Å². The van der Waals surface area contributed by atoms with Gasteiger partial charge in [0.25, 0.3) is 0 Å². The summed E-state index contributed by atoms with van der Waals surface area (Å²) in [4.78, 5) is 10.4. The molecule has 0 radical (unpaired) electrons. The molecule has 0 atom stereocenters. The number of carboxylic acids is 1. The van der Waals surface area contributed by atoms with E-state index in [9.17, 15) is 4.79 Å². The lowest BCUT2D eigenvalue weighted by Gasteiger charge is -2.05. The molecule has 0 aliphatic heterocycles. The second kappa shape index (κ2) is 18.3. The highest BCUT2D eigenvalue weighted by Gasteiger charge is 2.01. The molecule has 0 amide bonds. The second-order valence-electron chi connectivity index (χ2n) is 6.91. The van der Waals surface area contributed by atoms with Crippen LogP contribution in [0.2, 0.25) is 0 Å². The number of unbranched alkanes of at least 4 members (excludes halogenated alkanes) is 12. The smallest absolute Gasteiger partial charge is 0.303 e. The SMILES string of the molecule is CCCCCCC(CCCCCCCCCCCCC(=O)O)=NO. The number of hydrogen-bond donors (Lipinski definition) is 2. The molecule has 0 rings (SSSR count). The molecular formula is C20H39NO3. The minimum absolute atomic E-state index is 0.317. The van der Waals surface area contributed by atoms with E-state index in [1.54, 1.807) is 0 Å². The van der Waals surface area contributed by atoms with Crippen LogP contribution in [0.4, 0.5) is 0 Å². The molecule has 0 bridgehead atoms. The monoisotopic (exact) mass is 341 g/mol. The summed E-state index contributed by atoms with van der Waals surface area (Å²) in [6, 6.07) is 0. The molecular weight excluding hydrogens is 302 g/mol. The predicted octanol–water partition coefficient (Wildman–Crippen LogP) is 6.55. The van der Waals surface area contributed by atoms with Crippen LogP contribution in [0.5, 0.6) is 0 Å². The van der Waals surface area contributed by atoms with Crippen LogP contribution in [0, 0.1) is 0 Å². The van der Waals surface area contributed by atoms with Crippen molar-refractivity contribution < 1.29 is 15.1 Å². The molecule has 0 aliphatic rings. The molecule has 0 heterocycles. The summed E-state index contributed by atoms with van der Waals surface area (Å²) >= 11 is 0. The minimum atomic E-state index is -0.676. The first-order valence-electron chi connectivity index (χ1n) is 10.1. The Morgan fingerprint density at radius 3 is 1.42 bits per heavy atom. The third-order valence-corrected chi connectivity index (χ3v) is 4.57. The Kier molecular flexibility index (Phi) is 17.5. The van der Waals surface area contributed by atoms with E-state index < -0.39 is 5.97 Å². The van der Waals surface area contributed by atoms with Gasteiger partial charge in [0.2, 0.25) is 0 Å². The summed E-state index contributed by atoms with van der Waals surface area (Å²) in [6.45, 7) is 2.21. The number of oxime groups is 1. The standard InChI is InChI=1S/C20H39NO3/c1-2-3-4-13-16-19(21-24)17-14-11-9-7-5-6-8-10-12-15-18-20(22)23/h24H,2-18H2,1H3,(H,22,23). The van der Waals surface area contributed by atoms with Crippen molar-refractivity contribution >= 4 is 11.7 Å². The maximum atomic E-state index is 10.4. The fourth-order valence-corrected chi connectivity index (χ4v) is 3.00. The van der Waals surface area contributed by atoms with E-state index >= 15 is 0 Å². The lowest BCUT2D eigenvalue weighted by Crippen LogP contribution is -1.99. The largest absolute Gasteiger partial charge is 0.481 e. The molecule has 4 nitrogen and oxygen atoms in total. The highest BCUT2D eigenvalue weighted by molar-refractivity contribution is 5.83. The van der Waals surface area contributed by atoms with Gasteiger partial charge >= 0.3 is 5.97 Å². The Balaban J connectivity index is 3.27. The molecule has 24 heavy (non-hydrogen) atoms. The van der Waals surface area contributed by atoms with Gasteiger partial charge in [0, 0.05) is 6.42 Å². The fraction of sp³-hybridized carbons (Fsp3) is 0.900. The van der Waals surface area contributed by atoms with Crippen molar-refractivity contribution in [1.82, 2.24) is 0 Å². The summed E-state index contributed by atoms with van der Waals surface area (Å²) in [5, 5.41) is 21.0. The summed E-state index contributed by atoms with van der Waals surface area (Å²) in [5.41, 5.74) is 0.979. The zero-order chi connectivity index (χ0) is 17.9. The van der Waals surface area contributed by atoms with Crippen LogP contribution in [-0.4, -0.2) is 22.0 Å². The molecule has 0 aliphatic carbocycles. The molecule has 0 saturated heterocycles. The number of aliphatic carboxylic acids is 1. The van der Waals surface area contributed by atoms with Gasteiger partial charge in [-0.3, -0.25) is 4.79 Å². The Morgan fingerprint density at radius 2 is 1.04 bits per heavy atom. The van der Waals surface area contributed by atoms with E-state index in [0.717, 1.165) is 44.2 Å². The van der Waals surface area contributed by atoms with Crippen molar-refractivity contribution in [2.75, 3.05) is 0 Å². The highest BCUT2D eigenvalue weighted by Crippen LogP contribution is 2.13. The van der Waals surface area contributed by atoms with E-state index in [2.05, 4.69) is 12.1 Å². The van der Waals surface area contributed by atoms with E-state index in [0.29, 0.717) is 6.42 Å². The number of carboxylic acid groups (broad SMARTS) is 1. The van der Waals surface area contributed by atoms with E-state index in [1.807, 2.05) is 0 Å². The number of rotatable bonds is 18. The van der Waals surface area contributed by atoms with Gasteiger partial charge in [0.15, 0.2) is 0 Å². The third-order valence-electron chi connectivity index (χ3n) is 4.57. The van der Waals surface area contributed by atoms with Gasteiger partial charge in [-0.15, -0.1) is 0 Å². The first-order valence-corrected chi connectivity index (χ1v) is 10.1. The second-order valence-corrected chi connectivity index (χ2v) is 6.91. The minimum Gasteiger partial charge on any atom is -0.481 e. The average Bonchev–Trinajstić information content (AvgIpc) is 2.57. The normalized spacial score (nSPS) is 11.8. The van der Waals surface area contributed by atoms with Crippen LogP contribution < -0.4 is 0 Å². The summed E-state index contributed by atoms with van der Waals surface area (Å²) in [5.74, 6) is -0.676. The van der Waals surface area contributed by atoms with Gasteiger partial charge in [-0.05, 0) is 32.1 Å². The maximum Gasteiger partial charge on any atom is 0.303 e. The van der Waals surface area contributed by atoms with Crippen LogP contribution in [0.25, 0.3) is 0 Å². The molecule has 4 heteroatoms. The molecule has 0 aromatic rings. The van der Waals surface area contributed by atoms with Crippen molar-refractivity contribution in [1.29, 1.82) is 0 Å². The topological polar surface area (TPSA) is 69.9 Å². The third kappa shape index (κ3) is 17.3. The molecule has 0 unspecified atom stereocenters. The highest BCUT2D eigenvalue weighted by atomic mass is 16.4. The van der Waals surface area contributed by atoms with Crippen LogP contribution in [-0.2, 0) is 4.79 Å². The van der Waals surface area contributed by atoms with Crippen LogP contribution in [0.15, 0.2) is 5.16 Å². The first-order chi connectivity index (χ1) is 11.7. The molecule has 2 N–H and O–H groups in total. The Hall–Kier alpha value is -1.06. The van der Waals surface area contributed by atoms with Crippen molar-refractivity contribution in [3.05, 3.63) is 0 Å². The van der Waals surface area contributed by atoms with E-state index in [4.69, 9.17) is 10.3 Å². The summed E-state index contributed by atoms with van der Waals surface area (Å²) in [6.07, 6.45) is 18.9. The van der Waals surface area contributed by atoms with Crippen molar-refractivity contribution in [2.45, 2.75) is 116 Å². The fourth-order valence-electron chi connectivity index (χ4n) is 3.00. The zero-order valence-corrected chi connectivity index (χ0v) is 15.8. The molecule has 0 saturated carbocycles. The predicted molar refractivity (Wildman–Crippen MR) is 101 cm³/mol. The van der Waals surface area contributed by atoms with Gasteiger partial charge in [-0.25, -0.2) is 0 Å². The number of nitrogens with zero attached hydrogens (tertiary/aromatic N) is 1. The van der Waals surface area contributed by atoms with Gasteiger partial charge in [0.1, 0.15) is 0 Å². The van der Waals surface area contributed by atoms with Gasteiger partial charge in [-0.1, -0.05) is 82.7 Å². The lowest BCUT2D eigenvalue weighted by atomic mass is 10.0. The van der Waals surface area contributed by atoms with Crippen LogP contribution in [0.3, 0.4) is 0 Å². The van der Waals surface area contributed by atoms with Crippen LogP contribution >= 0.6 is 0 Å². The quantitative estimate of drug-likeness (QED) is 0.128. The first kappa shape index (κ1) is 22.9. The van der Waals surface area contributed by atoms with Crippen molar-refractivity contribution in [2.24, 2.45) is 5.16 Å². The summed E-state index contributed by atoms with van der Waals surface area (Å²) in [7, 11) is 0. The molecule has 0 spiro atoms. The van der Waals surface area contributed by atoms with E-state index in [-0.39, 0.29) is 0 Å².